The van der Waals surface area contributed by atoms with Gasteiger partial charge in [-0.25, -0.2) is 14.1 Å². The first kappa shape index (κ1) is 14.7. The van der Waals surface area contributed by atoms with Gasteiger partial charge >= 0.3 is 6.03 Å². The average molecular weight is 339 g/mol. The van der Waals surface area contributed by atoms with Crippen molar-refractivity contribution >= 4 is 46.3 Å². The molecule has 5 nitrogen and oxygen atoms in total. The maximum atomic E-state index is 13.6. The van der Waals surface area contributed by atoms with E-state index in [9.17, 15) is 18.8 Å². The number of hydrogen-bond acceptors (Lipinski definition) is 4. The minimum absolute atomic E-state index is 0.0128. The lowest BCUT2D eigenvalue weighted by Crippen LogP contribution is -2.46. The highest BCUT2D eigenvalue weighted by molar-refractivity contribution is 7.12. The van der Waals surface area contributed by atoms with Gasteiger partial charge in [-0.1, -0.05) is 17.7 Å². The van der Waals surface area contributed by atoms with Gasteiger partial charge in [0, 0.05) is 5.56 Å². The van der Waals surface area contributed by atoms with Crippen LogP contribution in [0.3, 0.4) is 0 Å². The van der Waals surface area contributed by atoms with E-state index in [0.29, 0.717) is 4.90 Å². The molecule has 2 aromatic rings. The number of benzene rings is 1. The Hall–Kier alpha value is -2.25. The van der Waals surface area contributed by atoms with Gasteiger partial charge in [-0.05, 0) is 29.6 Å². The molecule has 2 N–H and O–H groups in total. The maximum Gasteiger partial charge on any atom is 0.326 e. The molecule has 0 aliphatic carbocycles. The number of primary amides is 1. The van der Waals surface area contributed by atoms with Gasteiger partial charge < -0.3 is 5.73 Å². The van der Waals surface area contributed by atoms with Gasteiger partial charge in [-0.15, -0.1) is 11.3 Å². The van der Waals surface area contributed by atoms with Gasteiger partial charge in [-0.3, -0.25) is 9.59 Å². The molecule has 3 rings (SSSR count). The van der Waals surface area contributed by atoms with Crippen LogP contribution < -0.4 is 10.6 Å². The van der Waals surface area contributed by atoms with Crippen molar-refractivity contribution < 1.29 is 18.8 Å². The number of urea groups is 1. The van der Waals surface area contributed by atoms with Gasteiger partial charge in [0.1, 0.15) is 5.82 Å². The summed E-state index contributed by atoms with van der Waals surface area (Å²) in [5.74, 6) is -2.40. The first-order valence-corrected chi connectivity index (χ1v) is 7.34. The van der Waals surface area contributed by atoms with E-state index in [1.165, 1.54) is 12.1 Å². The molecule has 8 heteroatoms. The normalized spacial score (nSPS) is 20.1. The summed E-state index contributed by atoms with van der Waals surface area (Å²) in [6, 6.07) is 5.25. The third-order valence-corrected chi connectivity index (χ3v) is 4.75. The van der Waals surface area contributed by atoms with E-state index < -0.39 is 28.4 Å². The van der Waals surface area contributed by atoms with Crippen molar-refractivity contribution in [1.29, 1.82) is 0 Å². The van der Waals surface area contributed by atoms with E-state index in [0.717, 1.165) is 23.5 Å². The van der Waals surface area contributed by atoms with Gasteiger partial charge in [0.05, 0.1) is 10.6 Å². The predicted octanol–water partition coefficient (Wildman–Crippen LogP) is 2.63. The van der Waals surface area contributed by atoms with Crippen LogP contribution in [0, 0.1) is 5.82 Å². The number of ketones is 1. The minimum atomic E-state index is -2.20. The Morgan fingerprint density at radius 2 is 2.05 bits per heavy atom. The van der Waals surface area contributed by atoms with E-state index in [1.807, 2.05) is 0 Å². The molecule has 3 amide bonds. The summed E-state index contributed by atoms with van der Waals surface area (Å²) in [6.45, 7) is 0. The molecule has 1 aromatic carbocycles. The molecule has 1 aliphatic rings. The smallest absolute Gasteiger partial charge is 0.326 e. The number of anilines is 1. The molecule has 1 aromatic heterocycles. The maximum absolute atomic E-state index is 13.6. The number of hydrogen-bond donors (Lipinski definition) is 1. The first-order chi connectivity index (χ1) is 10.4. The topological polar surface area (TPSA) is 80.5 Å². The van der Waals surface area contributed by atoms with Crippen molar-refractivity contribution in [3.05, 3.63) is 52.0 Å². The van der Waals surface area contributed by atoms with Gasteiger partial charge in [0.15, 0.2) is 0 Å². The minimum Gasteiger partial charge on any atom is -0.351 e. The quantitative estimate of drug-likeness (QED) is 0.519. The largest absolute Gasteiger partial charge is 0.351 e. The second-order valence-corrected chi connectivity index (χ2v) is 6.12. The van der Waals surface area contributed by atoms with Crippen molar-refractivity contribution in [2.75, 3.05) is 4.90 Å². The first-order valence-electron chi connectivity index (χ1n) is 6.08. The number of thiophene rings is 1. The number of nitrogens with two attached hydrogens (primary N) is 1. The van der Waals surface area contributed by atoms with Gasteiger partial charge in [0.2, 0.25) is 10.7 Å². The molecule has 22 heavy (non-hydrogen) atoms. The highest BCUT2D eigenvalue weighted by atomic mass is 35.5. The number of imide groups is 1. The standard InChI is InChI=1S/C14H8ClFN2O3S/c15-14(11(19)10-2-1-5-22-10)8-6-7(16)3-4-9(8)18(12(14)20)13(17)21/h1-6H,(H2,17,21). The Labute approximate surface area is 133 Å². The molecular weight excluding hydrogens is 331 g/mol. The van der Waals surface area contributed by atoms with Gasteiger partial charge in [-0.2, -0.15) is 0 Å². The number of amides is 3. The Morgan fingerprint density at radius 3 is 2.64 bits per heavy atom. The van der Waals surface area contributed by atoms with Crippen molar-refractivity contribution in [2.24, 2.45) is 5.73 Å². The van der Waals surface area contributed by atoms with Crippen molar-refractivity contribution in [1.82, 2.24) is 0 Å². The lowest BCUT2D eigenvalue weighted by atomic mass is 9.94. The number of alkyl halides is 1. The Balaban J connectivity index is 2.24. The third kappa shape index (κ3) is 1.86. The second kappa shape index (κ2) is 4.89. The molecule has 2 heterocycles. The second-order valence-electron chi connectivity index (χ2n) is 4.61. The summed E-state index contributed by atoms with van der Waals surface area (Å²) in [5, 5.41) is 1.64. The number of Topliss-reactive ketones (excluding diaryl/α,β-unsaturated/α-hetero) is 1. The molecule has 1 aliphatic heterocycles. The zero-order valence-electron chi connectivity index (χ0n) is 10.9. The lowest BCUT2D eigenvalue weighted by Gasteiger charge is -2.18. The summed E-state index contributed by atoms with van der Waals surface area (Å²) in [5.41, 5.74) is 5.11. The molecule has 0 spiro atoms. The van der Waals surface area contributed by atoms with E-state index in [1.54, 1.807) is 11.4 Å². The fraction of sp³-hybridized carbons (Fsp3) is 0.0714. The zero-order chi connectivity index (χ0) is 16.1. The molecule has 0 saturated carbocycles. The average Bonchev–Trinajstić information content (AvgIpc) is 3.06. The summed E-state index contributed by atoms with van der Waals surface area (Å²) in [6.07, 6.45) is 0. The summed E-state index contributed by atoms with van der Waals surface area (Å²) in [4.78, 5) is 35.3. The Morgan fingerprint density at radius 1 is 1.32 bits per heavy atom. The van der Waals surface area contributed by atoms with Crippen LogP contribution in [0.4, 0.5) is 14.9 Å². The molecule has 1 unspecified atom stereocenters. The predicted molar refractivity (Wildman–Crippen MR) is 79.6 cm³/mol. The molecule has 112 valence electrons. The van der Waals surface area contributed by atoms with Crippen LogP contribution in [0.5, 0.6) is 0 Å². The number of nitrogens with zero attached hydrogens (tertiary/aromatic N) is 1. The van der Waals surface area contributed by atoms with E-state index in [2.05, 4.69) is 0 Å². The van der Waals surface area contributed by atoms with Crippen LogP contribution in [0.25, 0.3) is 0 Å². The Bertz CT molecular complexity index is 808. The van der Waals surface area contributed by atoms with Crippen LogP contribution in [0.2, 0.25) is 0 Å². The summed E-state index contributed by atoms with van der Waals surface area (Å²) >= 11 is 7.39. The summed E-state index contributed by atoms with van der Waals surface area (Å²) in [7, 11) is 0. The molecule has 0 fully saturated rings. The number of halogens is 2. The lowest BCUT2D eigenvalue weighted by molar-refractivity contribution is -0.118. The number of fused-ring (bicyclic) bond motifs is 1. The summed E-state index contributed by atoms with van der Waals surface area (Å²) < 4.78 is 13.6. The van der Waals surface area contributed by atoms with E-state index in [-0.39, 0.29) is 16.1 Å². The SMILES string of the molecule is NC(=O)N1C(=O)C(Cl)(C(=O)c2cccs2)c2cc(F)ccc21. The van der Waals surface area contributed by atoms with Crippen LogP contribution in [-0.4, -0.2) is 17.7 Å². The fourth-order valence-corrected chi connectivity index (χ4v) is 3.49. The monoisotopic (exact) mass is 338 g/mol. The fourth-order valence-electron chi connectivity index (χ4n) is 2.37. The highest BCUT2D eigenvalue weighted by Gasteiger charge is 2.57. The van der Waals surface area contributed by atoms with Crippen molar-refractivity contribution in [3.63, 3.8) is 0 Å². The third-order valence-electron chi connectivity index (χ3n) is 3.35. The van der Waals surface area contributed by atoms with Gasteiger partial charge in [0.25, 0.3) is 5.91 Å². The number of carbonyl (C=O) groups is 3. The zero-order valence-corrected chi connectivity index (χ0v) is 12.5. The molecular formula is C14H8ClFN2O3S. The van der Waals surface area contributed by atoms with Crippen LogP contribution in [0.1, 0.15) is 15.2 Å². The highest BCUT2D eigenvalue weighted by Crippen LogP contribution is 2.47. The number of rotatable bonds is 2. The van der Waals surface area contributed by atoms with Crippen LogP contribution in [-0.2, 0) is 9.67 Å². The van der Waals surface area contributed by atoms with E-state index in [4.69, 9.17) is 17.3 Å². The number of carbonyl (C=O) groups excluding carboxylic acids is 3. The molecule has 0 radical (unpaired) electrons. The van der Waals surface area contributed by atoms with Crippen LogP contribution >= 0.6 is 22.9 Å². The molecule has 1 atom stereocenters. The molecule has 0 saturated heterocycles. The van der Waals surface area contributed by atoms with E-state index >= 15 is 0 Å². The van der Waals surface area contributed by atoms with Crippen LogP contribution in [0.15, 0.2) is 35.7 Å². The van der Waals surface area contributed by atoms with Crippen molar-refractivity contribution in [2.45, 2.75) is 4.87 Å². The Kier molecular flexibility index (Phi) is 3.26. The van der Waals surface area contributed by atoms with Crippen molar-refractivity contribution in [3.8, 4) is 0 Å². The molecule has 0 bridgehead atoms.